The zero-order valence-corrected chi connectivity index (χ0v) is 18.5. The van der Waals surface area contributed by atoms with E-state index >= 15 is 0 Å². The molecule has 7 heteroatoms. The summed E-state index contributed by atoms with van der Waals surface area (Å²) in [6.45, 7) is 11.5. The largest absolute Gasteiger partial charge is 0.481 e. The number of nitrogens with one attached hydrogen (secondary N) is 2. The molecule has 2 amide bonds. The summed E-state index contributed by atoms with van der Waals surface area (Å²) in [6, 6.07) is -0.788. The molecule has 0 saturated carbocycles. The Kier molecular flexibility index (Phi) is 8.92. The molecule has 1 rings (SSSR count). The lowest BCUT2D eigenvalue weighted by Crippen LogP contribution is -2.56. The van der Waals surface area contributed by atoms with Crippen LogP contribution in [0.25, 0.3) is 0 Å². The molecule has 3 atom stereocenters. The maximum absolute atomic E-state index is 13.1. The first kappa shape index (κ1) is 24.4. The quantitative estimate of drug-likeness (QED) is 0.544. The standard InChI is InChI=1S/C21H39N3O4/c1-13(2)12-15(14-8-10-24(7)11-9-14)16(20(27)28)18(25)23-17(19(26)22-6)21(3,4)5/h13-17H,8-12H2,1-7H3,(H,22,26)(H,23,25)(H,27,28)/t15-,16+,17?/m1/s1. The van der Waals surface area contributed by atoms with Crippen LogP contribution in [0.4, 0.5) is 0 Å². The molecule has 0 aromatic rings. The number of nitrogens with zero attached hydrogens (tertiary/aromatic N) is 1. The Balaban J connectivity index is 3.12. The van der Waals surface area contributed by atoms with Crippen molar-refractivity contribution in [1.82, 2.24) is 15.5 Å². The van der Waals surface area contributed by atoms with Crippen LogP contribution in [-0.2, 0) is 14.4 Å². The van der Waals surface area contributed by atoms with E-state index in [1.54, 1.807) is 0 Å². The van der Waals surface area contributed by atoms with Crippen LogP contribution in [0.3, 0.4) is 0 Å². The third-order valence-corrected chi connectivity index (χ3v) is 5.75. The fourth-order valence-electron chi connectivity index (χ4n) is 4.14. The fraction of sp³-hybridized carbons (Fsp3) is 0.857. The Bertz CT molecular complexity index is 548. The Hall–Kier alpha value is -1.63. The van der Waals surface area contributed by atoms with Crippen LogP contribution in [-0.4, -0.2) is 61.0 Å². The Morgan fingerprint density at radius 3 is 2.04 bits per heavy atom. The molecule has 0 aromatic heterocycles. The summed E-state index contributed by atoms with van der Waals surface area (Å²) in [4.78, 5) is 39.8. The van der Waals surface area contributed by atoms with Gasteiger partial charge in [0, 0.05) is 7.05 Å². The van der Waals surface area contributed by atoms with Crippen molar-refractivity contribution in [2.75, 3.05) is 27.2 Å². The van der Waals surface area contributed by atoms with Gasteiger partial charge in [0.05, 0.1) is 0 Å². The van der Waals surface area contributed by atoms with Gasteiger partial charge in [-0.05, 0) is 62.6 Å². The lowest BCUT2D eigenvalue weighted by molar-refractivity contribution is -0.152. The number of amides is 2. The topological polar surface area (TPSA) is 98.7 Å². The number of carbonyl (C=O) groups is 3. The minimum absolute atomic E-state index is 0.193. The molecule has 0 bridgehead atoms. The van der Waals surface area contributed by atoms with E-state index in [1.807, 2.05) is 20.8 Å². The van der Waals surface area contributed by atoms with Gasteiger partial charge in [-0.2, -0.15) is 0 Å². The highest BCUT2D eigenvalue weighted by Gasteiger charge is 2.43. The van der Waals surface area contributed by atoms with Crippen molar-refractivity contribution in [2.45, 2.75) is 59.9 Å². The summed E-state index contributed by atoms with van der Waals surface area (Å²) in [6.07, 6.45) is 2.46. The SMILES string of the molecule is CNC(=O)C(NC(=O)[C@@H](C(=O)O)[C@H](CC(C)C)C1CCN(C)CC1)C(C)(C)C. The molecule has 0 aliphatic carbocycles. The van der Waals surface area contributed by atoms with Crippen LogP contribution in [0.1, 0.15) is 53.9 Å². The van der Waals surface area contributed by atoms with E-state index in [0.29, 0.717) is 6.42 Å². The summed E-state index contributed by atoms with van der Waals surface area (Å²) in [5, 5.41) is 15.3. The normalized spacial score (nSPS) is 19.7. The van der Waals surface area contributed by atoms with Crippen LogP contribution in [0, 0.1) is 29.1 Å². The van der Waals surface area contributed by atoms with E-state index in [2.05, 4.69) is 36.4 Å². The Morgan fingerprint density at radius 2 is 1.64 bits per heavy atom. The highest BCUT2D eigenvalue weighted by atomic mass is 16.4. The molecule has 0 aromatic carbocycles. The van der Waals surface area contributed by atoms with Crippen molar-refractivity contribution in [3.8, 4) is 0 Å². The third-order valence-electron chi connectivity index (χ3n) is 5.75. The second kappa shape index (κ2) is 10.2. The lowest BCUT2D eigenvalue weighted by atomic mass is 9.72. The molecule has 28 heavy (non-hydrogen) atoms. The van der Waals surface area contributed by atoms with Crippen molar-refractivity contribution >= 4 is 17.8 Å². The second-order valence-corrected chi connectivity index (χ2v) is 9.67. The van der Waals surface area contributed by atoms with E-state index in [9.17, 15) is 19.5 Å². The number of hydrogen-bond donors (Lipinski definition) is 3. The van der Waals surface area contributed by atoms with Gasteiger partial charge in [-0.1, -0.05) is 34.6 Å². The Labute approximate surface area is 169 Å². The molecule has 1 aliphatic heterocycles. The maximum atomic E-state index is 13.1. The minimum atomic E-state index is -1.15. The summed E-state index contributed by atoms with van der Waals surface area (Å²) >= 11 is 0. The zero-order valence-electron chi connectivity index (χ0n) is 18.5. The molecule has 1 aliphatic rings. The van der Waals surface area contributed by atoms with Crippen molar-refractivity contribution in [1.29, 1.82) is 0 Å². The number of carbonyl (C=O) groups excluding carboxylic acids is 2. The van der Waals surface area contributed by atoms with Gasteiger partial charge in [-0.3, -0.25) is 14.4 Å². The van der Waals surface area contributed by atoms with E-state index in [0.717, 1.165) is 25.9 Å². The van der Waals surface area contributed by atoms with Crippen molar-refractivity contribution in [3.05, 3.63) is 0 Å². The van der Waals surface area contributed by atoms with Gasteiger partial charge < -0.3 is 20.6 Å². The Morgan fingerprint density at radius 1 is 1.11 bits per heavy atom. The number of piperidine rings is 1. The third kappa shape index (κ3) is 6.76. The van der Waals surface area contributed by atoms with E-state index in [1.165, 1.54) is 7.05 Å². The average Bonchev–Trinajstić information content (AvgIpc) is 2.57. The lowest BCUT2D eigenvalue weighted by Gasteiger charge is -2.38. The molecule has 7 nitrogen and oxygen atoms in total. The first-order chi connectivity index (χ1) is 12.9. The number of likely N-dealkylation sites (N-methyl/N-ethyl adjacent to an activating group) is 1. The predicted octanol–water partition coefficient (Wildman–Crippen LogP) is 1.97. The van der Waals surface area contributed by atoms with Crippen LogP contribution in [0.2, 0.25) is 0 Å². The van der Waals surface area contributed by atoms with Crippen molar-refractivity contribution in [2.24, 2.45) is 29.1 Å². The molecule has 0 radical (unpaired) electrons. The molecule has 3 N–H and O–H groups in total. The number of rotatable bonds is 8. The van der Waals surface area contributed by atoms with Gasteiger partial charge in [0.2, 0.25) is 11.8 Å². The summed E-state index contributed by atoms with van der Waals surface area (Å²) in [7, 11) is 3.58. The molecule has 1 unspecified atom stereocenters. The average molecular weight is 398 g/mol. The molecule has 162 valence electrons. The van der Waals surface area contributed by atoms with Crippen LogP contribution >= 0.6 is 0 Å². The number of hydrogen-bond acceptors (Lipinski definition) is 4. The van der Waals surface area contributed by atoms with E-state index in [4.69, 9.17) is 0 Å². The number of aliphatic carboxylic acids is 1. The molecule has 1 heterocycles. The number of likely N-dealkylation sites (tertiary alicyclic amines) is 1. The van der Waals surface area contributed by atoms with Gasteiger partial charge in [-0.15, -0.1) is 0 Å². The molecule has 0 spiro atoms. The fourth-order valence-corrected chi connectivity index (χ4v) is 4.14. The van der Waals surface area contributed by atoms with Gasteiger partial charge >= 0.3 is 5.97 Å². The first-order valence-electron chi connectivity index (χ1n) is 10.3. The highest BCUT2D eigenvalue weighted by Crippen LogP contribution is 2.35. The van der Waals surface area contributed by atoms with Crippen molar-refractivity contribution in [3.63, 3.8) is 0 Å². The monoisotopic (exact) mass is 397 g/mol. The van der Waals surface area contributed by atoms with Crippen molar-refractivity contribution < 1.29 is 19.5 Å². The smallest absolute Gasteiger partial charge is 0.316 e. The summed E-state index contributed by atoms with van der Waals surface area (Å²) < 4.78 is 0. The summed E-state index contributed by atoms with van der Waals surface area (Å²) in [5.41, 5.74) is -0.528. The van der Waals surface area contributed by atoms with Crippen LogP contribution in [0.5, 0.6) is 0 Å². The van der Waals surface area contributed by atoms with Gasteiger partial charge in [0.25, 0.3) is 0 Å². The number of carboxylic acid groups (broad SMARTS) is 1. The molecular formula is C21H39N3O4. The van der Waals surface area contributed by atoms with Gasteiger partial charge in [0.15, 0.2) is 0 Å². The second-order valence-electron chi connectivity index (χ2n) is 9.67. The minimum Gasteiger partial charge on any atom is -0.481 e. The van der Waals surface area contributed by atoms with E-state index in [-0.39, 0.29) is 23.7 Å². The highest BCUT2D eigenvalue weighted by molar-refractivity contribution is 5.99. The molecule has 1 fully saturated rings. The van der Waals surface area contributed by atoms with E-state index < -0.39 is 29.3 Å². The molecule has 1 saturated heterocycles. The maximum Gasteiger partial charge on any atom is 0.316 e. The summed E-state index contributed by atoms with van der Waals surface area (Å²) in [5.74, 6) is -2.88. The zero-order chi connectivity index (χ0) is 21.6. The van der Waals surface area contributed by atoms with Gasteiger partial charge in [0.1, 0.15) is 12.0 Å². The molecular weight excluding hydrogens is 358 g/mol. The van der Waals surface area contributed by atoms with Gasteiger partial charge in [-0.25, -0.2) is 0 Å². The van der Waals surface area contributed by atoms with Crippen LogP contribution in [0.15, 0.2) is 0 Å². The first-order valence-corrected chi connectivity index (χ1v) is 10.3. The number of carboxylic acids is 1. The predicted molar refractivity (Wildman–Crippen MR) is 110 cm³/mol. The van der Waals surface area contributed by atoms with Crippen LogP contribution < -0.4 is 10.6 Å².